The Kier molecular flexibility index (Phi) is 5.41. The van der Waals surface area contributed by atoms with E-state index < -0.39 is 31.7 Å². The van der Waals surface area contributed by atoms with Crippen LogP contribution in [-0.4, -0.2) is 57.9 Å². The Morgan fingerprint density at radius 1 is 1.32 bits per heavy atom. The van der Waals surface area contributed by atoms with Gasteiger partial charge in [0.05, 0.1) is 27.5 Å². The molecule has 0 amide bonds. The van der Waals surface area contributed by atoms with Crippen LogP contribution >= 0.6 is 11.6 Å². The summed E-state index contributed by atoms with van der Waals surface area (Å²) in [4.78, 5) is -0.152. The number of benzene rings is 1. The monoisotopic (exact) mass is 411 g/mol. The van der Waals surface area contributed by atoms with Crippen molar-refractivity contribution < 1.29 is 26.0 Å². The molecule has 2 saturated heterocycles. The lowest BCUT2D eigenvalue weighted by Gasteiger charge is -2.29. The average Bonchev–Trinajstić information content (AvgIpc) is 3.16. The third-order valence-electron chi connectivity index (χ3n) is 4.52. The summed E-state index contributed by atoms with van der Waals surface area (Å²) in [6.45, 7) is 0.640. The maximum absolute atomic E-state index is 13.4. The van der Waals surface area contributed by atoms with Crippen LogP contribution < -0.4 is 0 Å². The first-order valence-corrected chi connectivity index (χ1v) is 11.6. The maximum atomic E-state index is 13.4. The van der Waals surface area contributed by atoms with Gasteiger partial charge in [0.1, 0.15) is 5.82 Å². The van der Waals surface area contributed by atoms with Crippen molar-refractivity contribution in [1.82, 2.24) is 4.31 Å². The van der Waals surface area contributed by atoms with Gasteiger partial charge in [-0.05, 0) is 37.5 Å². The van der Waals surface area contributed by atoms with Crippen molar-refractivity contribution in [3.8, 4) is 0 Å². The fourth-order valence-corrected chi connectivity index (χ4v) is 6.99. The first-order chi connectivity index (χ1) is 11.7. The summed E-state index contributed by atoms with van der Waals surface area (Å²) in [6.07, 6.45) is 1.52. The fraction of sp³-hybridized carbons (Fsp3) is 0.600. The zero-order valence-electron chi connectivity index (χ0n) is 13.4. The second kappa shape index (κ2) is 7.11. The molecule has 25 heavy (non-hydrogen) atoms. The Bertz CT molecular complexity index is 853. The smallest absolute Gasteiger partial charge is 0.243 e. The van der Waals surface area contributed by atoms with E-state index in [1.54, 1.807) is 0 Å². The highest BCUT2D eigenvalue weighted by atomic mass is 35.5. The van der Waals surface area contributed by atoms with Gasteiger partial charge in [-0.25, -0.2) is 21.2 Å². The van der Waals surface area contributed by atoms with Gasteiger partial charge in [0.2, 0.25) is 10.0 Å². The lowest BCUT2D eigenvalue weighted by Crippen LogP contribution is -2.45. The summed E-state index contributed by atoms with van der Waals surface area (Å²) in [5.41, 5.74) is 0. The molecule has 2 atom stereocenters. The van der Waals surface area contributed by atoms with Crippen molar-refractivity contribution in [2.45, 2.75) is 36.3 Å². The molecule has 6 nitrogen and oxygen atoms in total. The van der Waals surface area contributed by atoms with Crippen molar-refractivity contribution in [1.29, 1.82) is 0 Å². The highest BCUT2D eigenvalue weighted by Gasteiger charge is 2.40. The van der Waals surface area contributed by atoms with Crippen LogP contribution in [0.1, 0.15) is 19.3 Å². The predicted octanol–water partition coefficient (Wildman–Crippen LogP) is 1.84. The first kappa shape index (κ1) is 19.0. The Morgan fingerprint density at radius 3 is 2.64 bits per heavy atom. The molecule has 2 fully saturated rings. The SMILES string of the molecule is O=S1(=O)CC[C@@H](N(C[C@@H]2CCCO2)S(=O)(=O)c2ccc(F)c(Cl)c2)C1. The van der Waals surface area contributed by atoms with Gasteiger partial charge < -0.3 is 4.74 Å². The minimum absolute atomic E-state index is 0.0423. The third-order valence-corrected chi connectivity index (χ3v) is 8.48. The molecule has 1 aromatic carbocycles. The maximum Gasteiger partial charge on any atom is 0.243 e. The molecule has 0 unspecified atom stereocenters. The molecule has 0 radical (unpaired) electrons. The number of ether oxygens (including phenoxy) is 1. The van der Waals surface area contributed by atoms with E-state index in [0.29, 0.717) is 6.61 Å². The summed E-state index contributed by atoms with van der Waals surface area (Å²) < 4.78 is 69.9. The van der Waals surface area contributed by atoms with Gasteiger partial charge in [-0.15, -0.1) is 0 Å². The van der Waals surface area contributed by atoms with Crippen LogP contribution in [0.15, 0.2) is 23.1 Å². The van der Waals surface area contributed by atoms with Crippen LogP contribution in [-0.2, 0) is 24.6 Å². The molecular weight excluding hydrogens is 393 g/mol. The minimum atomic E-state index is -4.02. The lowest BCUT2D eigenvalue weighted by atomic mass is 10.2. The van der Waals surface area contributed by atoms with Crippen molar-refractivity contribution in [3.63, 3.8) is 0 Å². The van der Waals surface area contributed by atoms with Crippen molar-refractivity contribution >= 4 is 31.5 Å². The van der Waals surface area contributed by atoms with Gasteiger partial charge in [-0.2, -0.15) is 4.31 Å². The number of halogens is 2. The van der Waals surface area contributed by atoms with E-state index in [1.807, 2.05) is 0 Å². The topological polar surface area (TPSA) is 80.8 Å². The van der Waals surface area contributed by atoms with Gasteiger partial charge >= 0.3 is 0 Å². The molecule has 10 heteroatoms. The van der Waals surface area contributed by atoms with Gasteiger partial charge in [0, 0.05) is 19.2 Å². The molecule has 2 aliphatic heterocycles. The largest absolute Gasteiger partial charge is 0.377 e. The van der Waals surface area contributed by atoms with Crippen LogP contribution in [0.4, 0.5) is 4.39 Å². The quantitative estimate of drug-likeness (QED) is 0.738. The molecular formula is C15H19ClFNO5S2. The molecule has 2 heterocycles. The van der Waals surface area contributed by atoms with Gasteiger partial charge in [0.15, 0.2) is 9.84 Å². The van der Waals surface area contributed by atoms with Crippen molar-refractivity contribution in [2.75, 3.05) is 24.7 Å². The highest BCUT2D eigenvalue weighted by Crippen LogP contribution is 2.29. The first-order valence-electron chi connectivity index (χ1n) is 7.98. The number of hydrogen-bond acceptors (Lipinski definition) is 5. The van der Waals surface area contributed by atoms with Crippen LogP contribution in [0.2, 0.25) is 5.02 Å². The second-order valence-electron chi connectivity index (χ2n) is 6.34. The summed E-state index contributed by atoms with van der Waals surface area (Å²) >= 11 is 5.72. The molecule has 3 rings (SSSR count). The summed E-state index contributed by atoms with van der Waals surface area (Å²) in [7, 11) is -7.29. The number of sulfonamides is 1. The average molecular weight is 412 g/mol. The Hall–Kier alpha value is -0.740. The van der Waals surface area contributed by atoms with Crippen LogP contribution in [0, 0.1) is 5.82 Å². The summed E-state index contributed by atoms with van der Waals surface area (Å²) in [5, 5.41) is -0.294. The molecule has 140 valence electrons. The zero-order chi connectivity index (χ0) is 18.2. The van der Waals surface area contributed by atoms with E-state index in [9.17, 15) is 21.2 Å². The summed E-state index contributed by atoms with van der Waals surface area (Å²) in [5.74, 6) is -0.970. The molecule has 1 aromatic rings. The minimum Gasteiger partial charge on any atom is -0.377 e. The Labute approximate surface area is 151 Å². The van der Waals surface area contributed by atoms with E-state index in [4.69, 9.17) is 16.3 Å². The fourth-order valence-electron chi connectivity index (χ4n) is 3.21. The third kappa shape index (κ3) is 4.16. The standard InChI is InChI=1S/C15H19ClFNO5S2/c16-14-8-13(3-4-15(14)17)25(21,22)18(9-12-2-1-6-23-12)11-5-7-24(19,20)10-11/h3-4,8,11-12H,1-2,5-7,9-10H2/t11-,12+/m1/s1. The molecule has 0 saturated carbocycles. The number of hydrogen-bond donors (Lipinski definition) is 0. The van der Waals surface area contributed by atoms with Crippen molar-refractivity contribution in [2.24, 2.45) is 0 Å². The van der Waals surface area contributed by atoms with Gasteiger partial charge in [-0.3, -0.25) is 0 Å². The molecule has 2 aliphatic rings. The molecule has 0 N–H and O–H groups in total. The second-order valence-corrected chi connectivity index (χ2v) is 10.9. The van der Waals surface area contributed by atoms with Crippen molar-refractivity contribution in [3.05, 3.63) is 29.0 Å². The number of nitrogens with zero attached hydrogens (tertiary/aromatic N) is 1. The molecule has 0 bridgehead atoms. The van der Waals surface area contributed by atoms with E-state index in [-0.39, 0.29) is 40.5 Å². The molecule has 0 aliphatic carbocycles. The number of rotatable bonds is 5. The molecule has 0 spiro atoms. The Morgan fingerprint density at radius 2 is 2.08 bits per heavy atom. The zero-order valence-corrected chi connectivity index (χ0v) is 15.8. The van der Waals surface area contributed by atoms with Gasteiger partial charge in [-0.1, -0.05) is 11.6 Å². The predicted molar refractivity (Wildman–Crippen MR) is 91.3 cm³/mol. The lowest BCUT2D eigenvalue weighted by molar-refractivity contribution is 0.0877. The van der Waals surface area contributed by atoms with E-state index in [2.05, 4.69) is 0 Å². The highest BCUT2D eigenvalue weighted by molar-refractivity contribution is 7.92. The van der Waals surface area contributed by atoms with Gasteiger partial charge in [0.25, 0.3) is 0 Å². The number of sulfone groups is 1. The normalized spacial score (nSPS) is 26.4. The van der Waals surface area contributed by atoms with E-state index in [0.717, 1.165) is 31.0 Å². The van der Waals surface area contributed by atoms with Crippen LogP contribution in [0.5, 0.6) is 0 Å². The van der Waals surface area contributed by atoms with E-state index >= 15 is 0 Å². The van der Waals surface area contributed by atoms with Crippen LogP contribution in [0.25, 0.3) is 0 Å². The van der Waals surface area contributed by atoms with Crippen LogP contribution in [0.3, 0.4) is 0 Å². The summed E-state index contributed by atoms with van der Waals surface area (Å²) in [6, 6.07) is 2.54. The molecule has 0 aromatic heterocycles. The van der Waals surface area contributed by atoms with E-state index in [1.165, 1.54) is 4.31 Å². The Balaban J connectivity index is 1.95.